The molecular formula is C21H26N2S. The monoisotopic (exact) mass is 338 g/mol. The molecule has 3 heteroatoms. The summed E-state index contributed by atoms with van der Waals surface area (Å²) >= 11 is 4.62. The van der Waals surface area contributed by atoms with Gasteiger partial charge in [-0.2, -0.15) is 4.99 Å². The number of benzene rings is 1. The van der Waals surface area contributed by atoms with E-state index in [9.17, 15) is 0 Å². The van der Waals surface area contributed by atoms with E-state index in [1.807, 2.05) is 30.5 Å². The number of rotatable bonds is 10. The SMILES string of the molecule is CCCCCCCCCc1ccc(-c2ccc(N=C=S)cc2)nc1. The molecule has 0 bridgehead atoms. The number of nitrogens with zero attached hydrogens (tertiary/aromatic N) is 2. The minimum Gasteiger partial charge on any atom is -0.256 e. The quantitative estimate of drug-likeness (QED) is 0.271. The summed E-state index contributed by atoms with van der Waals surface area (Å²) in [7, 11) is 0. The van der Waals surface area contributed by atoms with Crippen LogP contribution in [0, 0.1) is 0 Å². The number of hydrogen-bond acceptors (Lipinski definition) is 3. The van der Waals surface area contributed by atoms with Crippen LogP contribution in [0.1, 0.15) is 57.4 Å². The molecule has 2 rings (SSSR count). The Morgan fingerprint density at radius 1 is 0.917 bits per heavy atom. The molecule has 0 fully saturated rings. The molecule has 0 unspecified atom stereocenters. The maximum Gasteiger partial charge on any atom is 0.0740 e. The van der Waals surface area contributed by atoms with Crippen molar-refractivity contribution in [2.45, 2.75) is 58.3 Å². The molecule has 0 atom stereocenters. The third-order valence-corrected chi connectivity index (χ3v) is 4.32. The van der Waals surface area contributed by atoms with E-state index in [1.54, 1.807) is 0 Å². The van der Waals surface area contributed by atoms with Gasteiger partial charge >= 0.3 is 0 Å². The summed E-state index contributed by atoms with van der Waals surface area (Å²) in [4.78, 5) is 8.56. The summed E-state index contributed by atoms with van der Waals surface area (Å²) in [6, 6.07) is 12.2. The van der Waals surface area contributed by atoms with Gasteiger partial charge in [-0.3, -0.25) is 4.98 Å². The van der Waals surface area contributed by atoms with Gasteiger partial charge in [0.2, 0.25) is 0 Å². The summed E-state index contributed by atoms with van der Waals surface area (Å²) in [5, 5.41) is 2.38. The lowest BCUT2D eigenvalue weighted by atomic mass is 10.0. The topological polar surface area (TPSA) is 25.2 Å². The van der Waals surface area contributed by atoms with E-state index < -0.39 is 0 Å². The molecule has 0 amide bonds. The average Bonchev–Trinajstić information content (AvgIpc) is 2.62. The van der Waals surface area contributed by atoms with Gasteiger partial charge in [-0.1, -0.05) is 63.6 Å². The van der Waals surface area contributed by atoms with E-state index in [2.05, 4.69) is 46.4 Å². The van der Waals surface area contributed by atoms with E-state index in [1.165, 1.54) is 50.5 Å². The van der Waals surface area contributed by atoms with Crippen LogP contribution in [0.25, 0.3) is 11.3 Å². The van der Waals surface area contributed by atoms with Gasteiger partial charge < -0.3 is 0 Å². The summed E-state index contributed by atoms with van der Waals surface area (Å²) in [5.41, 5.74) is 4.25. The standard InChI is InChI=1S/C21H26N2S/c1-2-3-4-5-6-7-8-9-18-10-15-21(22-16-18)19-11-13-20(14-12-19)23-17-24/h10-16H,2-9H2,1H3. The lowest BCUT2D eigenvalue weighted by Crippen LogP contribution is -1.90. The first-order valence-corrected chi connectivity index (χ1v) is 9.37. The van der Waals surface area contributed by atoms with Gasteiger partial charge in [0.15, 0.2) is 0 Å². The van der Waals surface area contributed by atoms with Crippen LogP contribution in [-0.4, -0.2) is 10.1 Å². The van der Waals surface area contributed by atoms with Crippen LogP contribution in [-0.2, 0) is 6.42 Å². The van der Waals surface area contributed by atoms with Crippen molar-refractivity contribution in [3.05, 3.63) is 48.2 Å². The summed E-state index contributed by atoms with van der Waals surface area (Å²) < 4.78 is 0. The largest absolute Gasteiger partial charge is 0.256 e. The van der Waals surface area contributed by atoms with E-state index in [4.69, 9.17) is 0 Å². The van der Waals surface area contributed by atoms with Crippen molar-refractivity contribution in [2.24, 2.45) is 4.99 Å². The highest BCUT2D eigenvalue weighted by molar-refractivity contribution is 7.78. The average molecular weight is 339 g/mol. The molecule has 126 valence electrons. The maximum atomic E-state index is 4.62. The van der Waals surface area contributed by atoms with Crippen molar-refractivity contribution >= 4 is 23.1 Å². The smallest absolute Gasteiger partial charge is 0.0740 e. The predicted octanol–water partition coefficient (Wildman–Crippen LogP) is 6.78. The van der Waals surface area contributed by atoms with Crippen LogP contribution in [0.5, 0.6) is 0 Å². The molecule has 0 saturated carbocycles. The van der Waals surface area contributed by atoms with E-state index in [-0.39, 0.29) is 0 Å². The van der Waals surface area contributed by atoms with Gasteiger partial charge in [0, 0.05) is 11.8 Å². The number of unbranched alkanes of at least 4 members (excludes halogenated alkanes) is 6. The third kappa shape index (κ3) is 6.35. The first kappa shape index (κ1) is 18.5. The molecule has 1 heterocycles. The fraction of sp³-hybridized carbons (Fsp3) is 0.429. The second-order valence-electron chi connectivity index (χ2n) is 6.17. The molecule has 1 aromatic heterocycles. The molecule has 2 aromatic rings. The Hall–Kier alpha value is -1.83. The van der Waals surface area contributed by atoms with Gasteiger partial charge in [-0.05, 0) is 48.8 Å². The van der Waals surface area contributed by atoms with Crippen molar-refractivity contribution in [1.29, 1.82) is 0 Å². The molecule has 2 nitrogen and oxygen atoms in total. The van der Waals surface area contributed by atoms with Crippen molar-refractivity contribution in [1.82, 2.24) is 4.98 Å². The van der Waals surface area contributed by atoms with Gasteiger partial charge in [-0.15, -0.1) is 0 Å². The first-order valence-electron chi connectivity index (χ1n) is 8.96. The fourth-order valence-corrected chi connectivity index (χ4v) is 2.89. The van der Waals surface area contributed by atoms with Gasteiger partial charge in [0.05, 0.1) is 16.5 Å². The van der Waals surface area contributed by atoms with E-state index in [0.29, 0.717) is 0 Å². The Labute approximate surface area is 151 Å². The van der Waals surface area contributed by atoms with Crippen LogP contribution in [0.15, 0.2) is 47.6 Å². The van der Waals surface area contributed by atoms with E-state index >= 15 is 0 Å². The third-order valence-electron chi connectivity index (χ3n) is 4.23. The molecule has 0 aliphatic heterocycles. The van der Waals surface area contributed by atoms with Gasteiger partial charge in [-0.25, -0.2) is 0 Å². The second kappa shape index (κ2) is 10.9. The molecule has 24 heavy (non-hydrogen) atoms. The normalized spacial score (nSPS) is 10.4. The number of aliphatic imine (C=N–C) groups is 1. The fourth-order valence-electron chi connectivity index (χ4n) is 2.79. The zero-order valence-electron chi connectivity index (χ0n) is 14.5. The number of aryl methyl sites for hydroxylation is 1. The Morgan fingerprint density at radius 3 is 2.25 bits per heavy atom. The highest BCUT2D eigenvalue weighted by Gasteiger charge is 2.01. The number of isothiocyanates is 1. The molecule has 0 aliphatic carbocycles. The van der Waals surface area contributed by atoms with Crippen molar-refractivity contribution < 1.29 is 0 Å². The molecule has 0 spiro atoms. The minimum absolute atomic E-state index is 0.823. The molecule has 1 aromatic carbocycles. The summed E-state index contributed by atoms with van der Waals surface area (Å²) in [6.45, 7) is 2.26. The zero-order valence-corrected chi connectivity index (χ0v) is 15.3. The van der Waals surface area contributed by atoms with Gasteiger partial charge in [0.1, 0.15) is 0 Å². The number of thiocarbonyl (C=S) groups is 1. The number of aromatic nitrogens is 1. The Bertz CT molecular complexity index is 641. The van der Waals surface area contributed by atoms with E-state index in [0.717, 1.165) is 23.4 Å². The molecular weight excluding hydrogens is 312 g/mol. The molecule has 0 aliphatic rings. The van der Waals surface area contributed by atoms with Gasteiger partial charge in [0.25, 0.3) is 0 Å². The van der Waals surface area contributed by atoms with Crippen LogP contribution < -0.4 is 0 Å². The lowest BCUT2D eigenvalue weighted by molar-refractivity contribution is 0.589. The molecule has 0 N–H and O–H groups in total. The maximum absolute atomic E-state index is 4.62. The van der Waals surface area contributed by atoms with Crippen LogP contribution in [0.4, 0.5) is 5.69 Å². The summed E-state index contributed by atoms with van der Waals surface area (Å²) in [5.74, 6) is 0. The minimum atomic E-state index is 0.823. The Morgan fingerprint density at radius 2 is 1.62 bits per heavy atom. The highest BCUT2D eigenvalue weighted by atomic mass is 32.1. The summed E-state index contributed by atoms with van der Waals surface area (Å²) in [6.07, 6.45) is 12.6. The second-order valence-corrected chi connectivity index (χ2v) is 6.36. The van der Waals surface area contributed by atoms with Crippen molar-refractivity contribution in [3.63, 3.8) is 0 Å². The first-order chi connectivity index (χ1) is 11.8. The highest BCUT2D eigenvalue weighted by Crippen LogP contribution is 2.21. The van der Waals surface area contributed by atoms with Crippen LogP contribution >= 0.6 is 12.2 Å². The number of pyridine rings is 1. The number of hydrogen-bond donors (Lipinski definition) is 0. The predicted molar refractivity (Wildman–Crippen MR) is 106 cm³/mol. The Kier molecular flexibility index (Phi) is 8.37. The van der Waals surface area contributed by atoms with Crippen molar-refractivity contribution in [3.8, 4) is 11.3 Å². The molecule has 0 radical (unpaired) electrons. The zero-order chi connectivity index (χ0) is 17.0. The Balaban J connectivity index is 1.79. The molecule has 0 saturated heterocycles. The lowest BCUT2D eigenvalue weighted by Gasteiger charge is -2.05. The van der Waals surface area contributed by atoms with Crippen LogP contribution in [0.3, 0.4) is 0 Å². The van der Waals surface area contributed by atoms with Crippen LogP contribution in [0.2, 0.25) is 0 Å². The van der Waals surface area contributed by atoms with Crippen molar-refractivity contribution in [2.75, 3.05) is 0 Å².